The number of thiophene rings is 1. The van der Waals surface area contributed by atoms with Gasteiger partial charge in [-0.25, -0.2) is 4.79 Å². The van der Waals surface area contributed by atoms with Crippen LogP contribution in [0.5, 0.6) is 0 Å². The summed E-state index contributed by atoms with van der Waals surface area (Å²) in [6.45, 7) is -0.311. The highest BCUT2D eigenvalue weighted by atomic mass is 32.1. The van der Waals surface area contributed by atoms with Gasteiger partial charge in [-0.15, -0.1) is 0 Å². The molecule has 0 aliphatic rings. The van der Waals surface area contributed by atoms with Gasteiger partial charge in [0.25, 0.3) is 0 Å². The molecule has 7 nitrogen and oxygen atoms in total. The number of benzene rings is 1. The van der Waals surface area contributed by atoms with Crippen LogP contribution >= 0.6 is 11.3 Å². The molecule has 3 heterocycles. The van der Waals surface area contributed by atoms with E-state index in [2.05, 4.69) is 5.32 Å². The minimum absolute atomic E-state index is 0.0966. The molecule has 3 aromatic heterocycles. The third-order valence-corrected chi connectivity index (χ3v) is 5.03. The van der Waals surface area contributed by atoms with Crippen molar-refractivity contribution in [2.45, 2.75) is 12.1 Å². The van der Waals surface area contributed by atoms with Gasteiger partial charge in [-0.3, -0.25) is 9.36 Å². The molecular formula is C19H16N2O5S. The second-order valence-corrected chi connectivity index (χ2v) is 6.83. The van der Waals surface area contributed by atoms with E-state index >= 15 is 0 Å². The molecule has 0 fully saturated rings. The smallest absolute Gasteiger partial charge is 0.420 e. The monoisotopic (exact) mass is 384 g/mol. The molecule has 4 rings (SSSR count). The number of oxazole rings is 1. The first-order chi connectivity index (χ1) is 13.1. The summed E-state index contributed by atoms with van der Waals surface area (Å²) >= 11 is 1.43. The van der Waals surface area contributed by atoms with Crippen LogP contribution in [0.1, 0.15) is 11.3 Å². The first-order valence-corrected chi connectivity index (χ1v) is 9.16. The lowest BCUT2D eigenvalue weighted by atomic mass is 9.93. The van der Waals surface area contributed by atoms with Crippen LogP contribution in [-0.4, -0.2) is 22.1 Å². The first kappa shape index (κ1) is 17.3. The molecule has 1 amide bonds. The van der Waals surface area contributed by atoms with E-state index in [0.717, 1.165) is 0 Å². The molecule has 4 aromatic rings. The lowest BCUT2D eigenvalue weighted by Gasteiger charge is -2.25. The average Bonchev–Trinajstić information content (AvgIpc) is 3.42. The summed E-state index contributed by atoms with van der Waals surface area (Å²) < 4.78 is 11.7. The fraction of sp³-hybridized carbons (Fsp3) is 0.158. The molecule has 138 valence electrons. The second kappa shape index (κ2) is 6.90. The van der Waals surface area contributed by atoms with Crippen LogP contribution in [0.3, 0.4) is 0 Å². The number of hydrogen-bond acceptors (Lipinski definition) is 6. The van der Waals surface area contributed by atoms with E-state index < -0.39 is 17.3 Å². The number of rotatable bonds is 6. The summed E-state index contributed by atoms with van der Waals surface area (Å²) in [4.78, 5) is 24.4. The number of fused-ring (bicyclic) bond motifs is 1. The number of carbonyl (C=O) groups is 1. The summed E-state index contributed by atoms with van der Waals surface area (Å²) in [5.41, 5.74) is 0.0777. The summed E-state index contributed by atoms with van der Waals surface area (Å²) in [6, 6.07) is 12.0. The fourth-order valence-electron chi connectivity index (χ4n) is 2.93. The maximum atomic E-state index is 12.4. The zero-order chi connectivity index (χ0) is 18.9. The van der Waals surface area contributed by atoms with Gasteiger partial charge in [0.05, 0.1) is 18.3 Å². The van der Waals surface area contributed by atoms with Crippen molar-refractivity contribution in [3.63, 3.8) is 0 Å². The van der Waals surface area contributed by atoms with E-state index in [0.29, 0.717) is 22.4 Å². The average molecular weight is 384 g/mol. The molecule has 0 saturated carbocycles. The van der Waals surface area contributed by atoms with Crippen molar-refractivity contribution in [1.82, 2.24) is 9.88 Å². The Labute approximate surface area is 157 Å². The van der Waals surface area contributed by atoms with Gasteiger partial charge in [0.1, 0.15) is 12.3 Å². The summed E-state index contributed by atoms with van der Waals surface area (Å²) in [5, 5.41) is 17.5. The van der Waals surface area contributed by atoms with Gasteiger partial charge in [0.2, 0.25) is 5.91 Å². The quantitative estimate of drug-likeness (QED) is 0.532. The summed E-state index contributed by atoms with van der Waals surface area (Å²) in [5.74, 6) is -0.707. The Kier molecular flexibility index (Phi) is 4.43. The fourth-order valence-corrected chi connectivity index (χ4v) is 3.66. The van der Waals surface area contributed by atoms with Gasteiger partial charge in [-0.1, -0.05) is 12.1 Å². The predicted octanol–water partition coefficient (Wildman–Crippen LogP) is 2.30. The number of furan rings is 1. The molecule has 0 radical (unpaired) electrons. The number of hydrogen-bond donors (Lipinski definition) is 2. The molecular weight excluding hydrogens is 368 g/mol. The molecule has 0 saturated heterocycles. The van der Waals surface area contributed by atoms with Crippen molar-refractivity contribution < 1.29 is 18.7 Å². The van der Waals surface area contributed by atoms with Crippen LogP contribution in [0.4, 0.5) is 0 Å². The number of para-hydroxylation sites is 2. The molecule has 1 atom stereocenters. The minimum atomic E-state index is -1.50. The van der Waals surface area contributed by atoms with Crippen molar-refractivity contribution >= 4 is 28.3 Å². The van der Waals surface area contributed by atoms with Crippen molar-refractivity contribution in [2.75, 3.05) is 6.54 Å². The van der Waals surface area contributed by atoms with E-state index in [1.807, 2.05) is 5.38 Å². The molecule has 0 bridgehead atoms. The minimum Gasteiger partial charge on any atom is -0.466 e. The van der Waals surface area contributed by atoms with Gasteiger partial charge < -0.3 is 19.3 Å². The molecule has 0 spiro atoms. The van der Waals surface area contributed by atoms with Crippen LogP contribution in [0.25, 0.3) is 11.1 Å². The van der Waals surface area contributed by atoms with Gasteiger partial charge in [0.15, 0.2) is 11.2 Å². The van der Waals surface area contributed by atoms with E-state index in [9.17, 15) is 14.7 Å². The van der Waals surface area contributed by atoms with Crippen LogP contribution in [0.2, 0.25) is 0 Å². The Morgan fingerprint density at radius 3 is 2.81 bits per heavy atom. The highest BCUT2D eigenvalue weighted by Gasteiger charge is 2.35. The number of nitrogens with zero attached hydrogens (tertiary/aromatic N) is 1. The van der Waals surface area contributed by atoms with Gasteiger partial charge >= 0.3 is 5.76 Å². The Balaban J connectivity index is 1.54. The third-order valence-electron chi connectivity index (χ3n) is 4.34. The van der Waals surface area contributed by atoms with Crippen molar-refractivity contribution in [2.24, 2.45) is 0 Å². The largest absolute Gasteiger partial charge is 0.466 e. The highest BCUT2D eigenvalue weighted by Crippen LogP contribution is 2.31. The molecule has 8 heteroatoms. The van der Waals surface area contributed by atoms with E-state index in [1.54, 1.807) is 47.8 Å². The zero-order valence-corrected chi connectivity index (χ0v) is 14.9. The Bertz CT molecular complexity index is 1070. The first-order valence-electron chi connectivity index (χ1n) is 8.22. The maximum Gasteiger partial charge on any atom is 0.420 e. The van der Waals surface area contributed by atoms with Crippen LogP contribution in [0.15, 0.2) is 73.1 Å². The van der Waals surface area contributed by atoms with E-state index in [1.165, 1.54) is 22.2 Å². The zero-order valence-electron chi connectivity index (χ0n) is 14.1. The number of aromatic nitrogens is 1. The topological polar surface area (TPSA) is 97.6 Å². The number of aliphatic hydroxyl groups is 1. The summed E-state index contributed by atoms with van der Waals surface area (Å²) in [7, 11) is 0. The molecule has 0 aliphatic carbocycles. The van der Waals surface area contributed by atoms with Crippen LogP contribution in [0, 0.1) is 0 Å². The lowest BCUT2D eigenvalue weighted by molar-refractivity contribution is -0.122. The molecule has 27 heavy (non-hydrogen) atoms. The third kappa shape index (κ3) is 3.20. The van der Waals surface area contributed by atoms with Gasteiger partial charge in [0, 0.05) is 5.56 Å². The van der Waals surface area contributed by atoms with E-state index in [4.69, 9.17) is 8.83 Å². The standard InChI is InChI=1S/C19H16N2O5S/c22-17(10-21-14-4-1-2-5-15(14)26-18(21)23)20-12-19(24,13-7-9-27-11-13)16-6-3-8-25-16/h1-9,11,24H,10,12H2,(H,20,22). The predicted molar refractivity (Wildman–Crippen MR) is 99.5 cm³/mol. The molecule has 2 N–H and O–H groups in total. The lowest BCUT2D eigenvalue weighted by Crippen LogP contribution is -2.42. The number of nitrogens with one attached hydrogen (secondary N) is 1. The second-order valence-electron chi connectivity index (χ2n) is 6.05. The molecule has 0 aliphatic heterocycles. The Hall–Kier alpha value is -3.10. The van der Waals surface area contributed by atoms with Crippen molar-refractivity contribution in [3.8, 4) is 0 Å². The summed E-state index contributed by atoms with van der Waals surface area (Å²) in [6.07, 6.45) is 1.46. The Morgan fingerprint density at radius 1 is 1.22 bits per heavy atom. The SMILES string of the molecule is O=C(Cn1c(=O)oc2ccccc21)NCC(O)(c1ccsc1)c1ccco1. The highest BCUT2D eigenvalue weighted by molar-refractivity contribution is 7.08. The number of carbonyl (C=O) groups excluding carboxylic acids is 1. The van der Waals surface area contributed by atoms with Gasteiger partial charge in [-0.2, -0.15) is 11.3 Å². The van der Waals surface area contributed by atoms with Crippen LogP contribution < -0.4 is 11.1 Å². The molecule has 1 aromatic carbocycles. The van der Waals surface area contributed by atoms with Crippen molar-refractivity contribution in [3.05, 3.63) is 81.4 Å². The van der Waals surface area contributed by atoms with Crippen molar-refractivity contribution in [1.29, 1.82) is 0 Å². The maximum absolute atomic E-state index is 12.4. The van der Waals surface area contributed by atoms with Crippen LogP contribution in [-0.2, 0) is 16.9 Å². The normalized spacial score (nSPS) is 13.5. The Morgan fingerprint density at radius 2 is 2.07 bits per heavy atom. The molecule has 1 unspecified atom stereocenters. The van der Waals surface area contributed by atoms with E-state index in [-0.39, 0.29) is 13.1 Å². The van der Waals surface area contributed by atoms with Gasteiger partial charge in [-0.05, 0) is 41.1 Å². The number of amides is 1.